The fourth-order valence-electron chi connectivity index (χ4n) is 1.19. The number of hydrogen-bond donors (Lipinski definition) is 0. The van der Waals surface area contributed by atoms with Crippen molar-refractivity contribution < 1.29 is 4.79 Å². The van der Waals surface area contributed by atoms with Crippen molar-refractivity contribution in [3.05, 3.63) is 47.5 Å². The minimum atomic E-state index is 0.372. The Balaban J connectivity index is 2.56. The molecular formula is C12H13NO. The van der Waals surface area contributed by atoms with Crippen molar-refractivity contribution in [2.75, 3.05) is 6.54 Å². The van der Waals surface area contributed by atoms with E-state index in [0.717, 1.165) is 12.0 Å². The number of rotatable bonds is 4. The molecule has 72 valence electrons. The molecule has 0 aliphatic carbocycles. The summed E-state index contributed by atoms with van der Waals surface area (Å²) in [5, 5.41) is 0. The smallest absolute Gasteiger partial charge is 0.211 e. The molecule has 0 spiro atoms. The quantitative estimate of drug-likeness (QED) is 0.404. The highest BCUT2D eigenvalue weighted by molar-refractivity contribution is 5.34. The largest absolute Gasteiger partial charge is 0.235 e. The SMILES string of the molecule is C=C(CN=C=O)Cc1ccc(C)cc1. The van der Waals surface area contributed by atoms with Crippen molar-refractivity contribution in [3.8, 4) is 0 Å². The second-order valence-electron chi connectivity index (χ2n) is 3.32. The van der Waals surface area contributed by atoms with Gasteiger partial charge < -0.3 is 0 Å². The van der Waals surface area contributed by atoms with E-state index >= 15 is 0 Å². The number of nitrogens with zero attached hydrogens (tertiary/aromatic N) is 1. The summed E-state index contributed by atoms with van der Waals surface area (Å²) in [6.45, 7) is 6.26. The summed E-state index contributed by atoms with van der Waals surface area (Å²) >= 11 is 0. The molecule has 0 aliphatic rings. The van der Waals surface area contributed by atoms with Crippen LogP contribution in [0, 0.1) is 6.92 Å². The zero-order valence-corrected chi connectivity index (χ0v) is 8.29. The maximum atomic E-state index is 9.87. The summed E-state index contributed by atoms with van der Waals surface area (Å²) in [6, 6.07) is 8.24. The van der Waals surface area contributed by atoms with Gasteiger partial charge in [0, 0.05) is 0 Å². The van der Waals surface area contributed by atoms with Crippen molar-refractivity contribution in [1.29, 1.82) is 0 Å². The van der Waals surface area contributed by atoms with E-state index in [-0.39, 0.29) is 0 Å². The van der Waals surface area contributed by atoms with Crippen molar-refractivity contribution >= 4 is 6.08 Å². The summed E-state index contributed by atoms with van der Waals surface area (Å²) in [7, 11) is 0. The fraction of sp³-hybridized carbons (Fsp3) is 0.250. The Hall–Kier alpha value is -1.66. The molecule has 0 radical (unpaired) electrons. The van der Waals surface area contributed by atoms with Crippen LogP contribution >= 0.6 is 0 Å². The van der Waals surface area contributed by atoms with Gasteiger partial charge in [-0.15, -0.1) is 0 Å². The first-order valence-electron chi connectivity index (χ1n) is 4.48. The van der Waals surface area contributed by atoms with Gasteiger partial charge in [0.25, 0.3) is 0 Å². The maximum Gasteiger partial charge on any atom is 0.235 e. The summed E-state index contributed by atoms with van der Waals surface area (Å²) in [5.74, 6) is 0. The number of isocyanates is 1. The van der Waals surface area contributed by atoms with Crippen molar-refractivity contribution in [1.82, 2.24) is 0 Å². The molecule has 0 atom stereocenters. The molecule has 0 heterocycles. The van der Waals surface area contributed by atoms with E-state index in [9.17, 15) is 4.79 Å². The van der Waals surface area contributed by atoms with Gasteiger partial charge in [0.1, 0.15) is 0 Å². The number of benzene rings is 1. The zero-order chi connectivity index (χ0) is 10.4. The van der Waals surface area contributed by atoms with Gasteiger partial charge in [-0.3, -0.25) is 0 Å². The van der Waals surface area contributed by atoms with E-state index in [0.29, 0.717) is 6.54 Å². The fourth-order valence-corrected chi connectivity index (χ4v) is 1.19. The highest BCUT2D eigenvalue weighted by Gasteiger charge is 1.96. The molecular weight excluding hydrogens is 174 g/mol. The molecule has 0 saturated carbocycles. The lowest BCUT2D eigenvalue weighted by molar-refractivity contribution is 0.563. The van der Waals surface area contributed by atoms with Crippen LogP contribution in [0.3, 0.4) is 0 Å². The van der Waals surface area contributed by atoms with Crippen molar-refractivity contribution in [2.45, 2.75) is 13.3 Å². The van der Waals surface area contributed by atoms with Crippen molar-refractivity contribution in [2.24, 2.45) is 4.99 Å². The first kappa shape index (κ1) is 10.4. The normalized spacial score (nSPS) is 9.21. The molecule has 0 saturated heterocycles. The minimum Gasteiger partial charge on any atom is -0.211 e. The average Bonchev–Trinajstić information content (AvgIpc) is 2.18. The standard InChI is InChI=1S/C12H13NO/c1-10-3-5-12(6-4-10)7-11(2)8-13-9-14/h3-6H,2,7-8H2,1H3. The highest BCUT2D eigenvalue weighted by atomic mass is 16.1. The molecule has 0 bridgehead atoms. The highest BCUT2D eigenvalue weighted by Crippen LogP contribution is 2.08. The minimum absolute atomic E-state index is 0.372. The molecule has 1 aromatic rings. The van der Waals surface area contributed by atoms with Crippen LogP contribution < -0.4 is 0 Å². The molecule has 0 aliphatic heterocycles. The lowest BCUT2D eigenvalue weighted by Gasteiger charge is -2.02. The first-order valence-corrected chi connectivity index (χ1v) is 4.48. The monoisotopic (exact) mass is 187 g/mol. The van der Waals surface area contributed by atoms with Gasteiger partial charge in [-0.2, -0.15) is 0 Å². The van der Waals surface area contributed by atoms with Gasteiger partial charge in [0.05, 0.1) is 6.54 Å². The summed E-state index contributed by atoms with van der Waals surface area (Å²) in [6.07, 6.45) is 2.28. The van der Waals surface area contributed by atoms with E-state index < -0.39 is 0 Å². The van der Waals surface area contributed by atoms with Gasteiger partial charge in [-0.1, -0.05) is 42.0 Å². The van der Waals surface area contributed by atoms with Crippen LogP contribution in [0.4, 0.5) is 0 Å². The summed E-state index contributed by atoms with van der Waals surface area (Å²) in [4.78, 5) is 13.4. The maximum absolute atomic E-state index is 9.87. The van der Waals surface area contributed by atoms with Crippen LogP contribution in [0.1, 0.15) is 11.1 Å². The molecule has 2 heteroatoms. The van der Waals surface area contributed by atoms with Crippen LogP contribution in [-0.2, 0) is 11.2 Å². The predicted molar refractivity (Wildman–Crippen MR) is 57.0 cm³/mol. The van der Waals surface area contributed by atoms with Gasteiger partial charge in [0.2, 0.25) is 6.08 Å². The predicted octanol–water partition coefficient (Wildman–Crippen LogP) is 2.43. The Morgan fingerprint density at radius 2 is 2.07 bits per heavy atom. The number of carbonyl (C=O) groups excluding carboxylic acids is 1. The van der Waals surface area contributed by atoms with Crippen LogP contribution in [0.5, 0.6) is 0 Å². The van der Waals surface area contributed by atoms with E-state index in [1.807, 2.05) is 0 Å². The van der Waals surface area contributed by atoms with Gasteiger partial charge in [-0.05, 0) is 18.9 Å². The Morgan fingerprint density at radius 3 is 2.64 bits per heavy atom. The van der Waals surface area contributed by atoms with Crippen LogP contribution in [-0.4, -0.2) is 12.6 Å². The molecule has 2 nitrogen and oxygen atoms in total. The summed E-state index contributed by atoms with van der Waals surface area (Å²) < 4.78 is 0. The van der Waals surface area contributed by atoms with Crippen molar-refractivity contribution in [3.63, 3.8) is 0 Å². The van der Waals surface area contributed by atoms with E-state index in [4.69, 9.17) is 0 Å². The average molecular weight is 187 g/mol. The number of aryl methyl sites for hydroxylation is 1. The van der Waals surface area contributed by atoms with Gasteiger partial charge in [-0.25, -0.2) is 9.79 Å². The molecule has 14 heavy (non-hydrogen) atoms. The van der Waals surface area contributed by atoms with Crippen LogP contribution in [0.2, 0.25) is 0 Å². The Labute approximate surface area is 84.0 Å². The first-order chi connectivity index (χ1) is 6.72. The third-order valence-corrected chi connectivity index (χ3v) is 1.94. The number of hydrogen-bond acceptors (Lipinski definition) is 2. The van der Waals surface area contributed by atoms with E-state index in [2.05, 4.69) is 42.8 Å². The van der Waals surface area contributed by atoms with E-state index in [1.54, 1.807) is 0 Å². The molecule has 0 unspecified atom stereocenters. The lowest BCUT2D eigenvalue weighted by atomic mass is 10.1. The van der Waals surface area contributed by atoms with Gasteiger partial charge >= 0.3 is 0 Å². The molecule has 1 aromatic carbocycles. The summed E-state index contributed by atoms with van der Waals surface area (Å²) in [5.41, 5.74) is 3.36. The van der Waals surface area contributed by atoms with Gasteiger partial charge in [0.15, 0.2) is 0 Å². The number of aliphatic imine (C=N–C) groups is 1. The third kappa shape index (κ3) is 3.38. The Bertz CT molecular complexity index is 358. The second-order valence-corrected chi connectivity index (χ2v) is 3.32. The van der Waals surface area contributed by atoms with Crippen LogP contribution in [0.15, 0.2) is 41.4 Å². The Kier molecular flexibility index (Phi) is 3.84. The third-order valence-electron chi connectivity index (χ3n) is 1.94. The molecule has 0 aromatic heterocycles. The lowest BCUT2D eigenvalue weighted by Crippen LogP contribution is -1.92. The molecule has 0 amide bonds. The second kappa shape index (κ2) is 5.15. The topological polar surface area (TPSA) is 29.4 Å². The molecule has 1 rings (SSSR count). The molecule has 0 N–H and O–H groups in total. The molecule has 0 fully saturated rings. The van der Waals surface area contributed by atoms with E-state index in [1.165, 1.54) is 17.2 Å². The zero-order valence-electron chi connectivity index (χ0n) is 8.29. The Morgan fingerprint density at radius 1 is 1.43 bits per heavy atom. The van der Waals surface area contributed by atoms with Crippen LogP contribution in [0.25, 0.3) is 0 Å².